The average Bonchev–Trinajstić information content (AvgIpc) is 2.35. The normalized spacial score (nSPS) is 20.5. The van der Waals surface area contributed by atoms with E-state index in [2.05, 4.69) is 0 Å². The molecule has 0 nitrogen and oxygen atoms in total. The molecule has 0 aromatic rings. The molecule has 0 N–H and O–H groups in total. The van der Waals surface area contributed by atoms with Gasteiger partial charge in [-0.25, -0.2) is 0 Å². The van der Waals surface area contributed by atoms with Crippen molar-refractivity contribution in [3.63, 3.8) is 0 Å². The van der Waals surface area contributed by atoms with E-state index in [1.165, 1.54) is 12.2 Å². The standard InChI is InChI=1S/C7H7F3.2ClH.Zr/c1-5-2-3-6(4-5)7(8,9)10;;;/h2-5H,1H3;2*1H;/q;;;+2/p-2. The molecule has 0 saturated heterocycles. The molecule has 0 aliphatic heterocycles. The molecule has 13 heavy (non-hydrogen) atoms. The van der Waals surface area contributed by atoms with E-state index in [1.807, 2.05) is 0 Å². The maximum atomic E-state index is 11.8. The first-order chi connectivity index (χ1) is 5.91. The molecular formula is C7H7Cl2F3Zr. The number of alkyl halides is 3. The Morgan fingerprint density at radius 1 is 1.38 bits per heavy atom. The molecule has 0 aromatic carbocycles. The van der Waals surface area contributed by atoms with Gasteiger partial charge in [0.15, 0.2) is 0 Å². The van der Waals surface area contributed by atoms with Crippen LogP contribution in [0, 0.1) is 5.92 Å². The zero-order valence-electron chi connectivity index (χ0n) is 6.70. The fourth-order valence-corrected chi connectivity index (χ4v) is 0.839. The summed E-state index contributed by atoms with van der Waals surface area (Å²) in [7, 11) is 9.87. The summed E-state index contributed by atoms with van der Waals surface area (Å²) in [5.74, 6) is -0.0726. The summed E-state index contributed by atoms with van der Waals surface area (Å²) in [6, 6.07) is 0. The summed E-state index contributed by atoms with van der Waals surface area (Å²) in [5.41, 5.74) is -0.528. The van der Waals surface area contributed by atoms with Crippen molar-refractivity contribution in [3.05, 3.63) is 23.8 Å². The fourth-order valence-electron chi connectivity index (χ4n) is 0.839. The van der Waals surface area contributed by atoms with Gasteiger partial charge in [0.25, 0.3) is 0 Å². The molecule has 0 aromatic heterocycles. The summed E-state index contributed by atoms with van der Waals surface area (Å²) < 4.78 is 35.4. The van der Waals surface area contributed by atoms with E-state index < -0.39 is 32.6 Å². The van der Waals surface area contributed by atoms with Crippen LogP contribution < -0.4 is 0 Å². The molecule has 1 unspecified atom stereocenters. The quantitative estimate of drug-likeness (QED) is 0.633. The van der Waals surface area contributed by atoms with E-state index >= 15 is 0 Å². The summed E-state index contributed by atoms with van der Waals surface area (Å²) in [5, 5.41) is 0. The van der Waals surface area contributed by atoms with Crippen LogP contribution in [0.25, 0.3) is 0 Å². The van der Waals surface area contributed by atoms with Crippen LogP contribution in [0.1, 0.15) is 6.92 Å². The van der Waals surface area contributed by atoms with Crippen LogP contribution in [0.3, 0.4) is 0 Å². The fraction of sp³-hybridized carbons (Fsp3) is 0.429. The van der Waals surface area contributed by atoms with Crippen molar-refractivity contribution in [1.82, 2.24) is 0 Å². The molecule has 0 heterocycles. The Morgan fingerprint density at radius 2 is 1.85 bits per heavy atom. The van der Waals surface area contributed by atoms with Gasteiger partial charge in [-0.1, -0.05) is 25.2 Å². The second kappa shape index (κ2) is 6.26. The van der Waals surface area contributed by atoms with Crippen molar-refractivity contribution in [2.45, 2.75) is 13.1 Å². The Labute approximate surface area is 93.5 Å². The molecule has 6 heteroatoms. The third-order valence-corrected chi connectivity index (χ3v) is 1.35. The van der Waals surface area contributed by atoms with Crippen LogP contribution >= 0.6 is 17.0 Å². The van der Waals surface area contributed by atoms with Crippen molar-refractivity contribution in [3.8, 4) is 0 Å². The molecule has 1 rings (SSSR count). The van der Waals surface area contributed by atoms with Crippen molar-refractivity contribution < 1.29 is 34.0 Å². The van der Waals surface area contributed by atoms with Gasteiger partial charge in [-0.2, -0.15) is 13.2 Å². The number of hydrogen-bond donors (Lipinski definition) is 0. The monoisotopic (exact) mass is 308 g/mol. The summed E-state index contributed by atoms with van der Waals surface area (Å²) in [6.45, 7) is 1.72. The second-order valence-corrected chi connectivity index (χ2v) is 6.14. The van der Waals surface area contributed by atoms with Crippen molar-refractivity contribution in [2.75, 3.05) is 0 Å². The van der Waals surface area contributed by atoms with Crippen molar-refractivity contribution in [1.29, 1.82) is 0 Å². The molecule has 0 spiro atoms. The molecule has 0 bridgehead atoms. The Hall–Kier alpha value is 0.733. The molecule has 0 radical (unpaired) electrons. The molecule has 1 aliphatic rings. The topological polar surface area (TPSA) is 0 Å². The van der Waals surface area contributed by atoms with E-state index in [0.29, 0.717) is 0 Å². The minimum atomic E-state index is -4.17. The molecular weight excluding hydrogens is 303 g/mol. The summed E-state index contributed by atoms with van der Waals surface area (Å²) >= 11 is -0.826. The SMILES string of the molecule is CC1C=CC(C(F)(F)F)=C1.[Cl][Zr][Cl]. The first-order valence-electron chi connectivity index (χ1n) is 3.35. The van der Waals surface area contributed by atoms with Gasteiger partial charge in [0.05, 0.1) is 5.57 Å². The van der Waals surface area contributed by atoms with Gasteiger partial charge in [-0.05, 0) is 5.92 Å². The van der Waals surface area contributed by atoms with Crippen LogP contribution in [-0.2, 0) is 20.8 Å². The second-order valence-electron chi connectivity index (χ2n) is 2.41. The van der Waals surface area contributed by atoms with Crippen molar-refractivity contribution in [2.24, 2.45) is 5.92 Å². The van der Waals surface area contributed by atoms with E-state index in [0.717, 1.165) is 6.08 Å². The molecule has 0 fully saturated rings. The van der Waals surface area contributed by atoms with Gasteiger partial charge in [-0.3, -0.25) is 0 Å². The molecule has 0 amide bonds. The van der Waals surface area contributed by atoms with E-state index in [1.54, 1.807) is 6.92 Å². The first kappa shape index (κ1) is 13.7. The van der Waals surface area contributed by atoms with E-state index in [4.69, 9.17) is 17.0 Å². The third-order valence-electron chi connectivity index (χ3n) is 1.35. The number of rotatable bonds is 0. The number of hydrogen-bond acceptors (Lipinski definition) is 0. The molecule has 1 aliphatic carbocycles. The van der Waals surface area contributed by atoms with Gasteiger partial charge in [0.2, 0.25) is 0 Å². The summed E-state index contributed by atoms with van der Waals surface area (Å²) in [6.07, 6.45) is -0.311. The van der Waals surface area contributed by atoms with Crippen LogP contribution in [0.15, 0.2) is 23.8 Å². The third kappa shape index (κ3) is 5.93. The average molecular weight is 310 g/mol. The van der Waals surface area contributed by atoms with Gasteiger partial charge in [-0.15, -0.1) is 0 Å². The predicted octanol–water partition coefficient (Wildman–Crippen LogP) is 4.06. The van der Waals surface area contributed by atoms with E-state index in [9.17, 15) is 13.2 Å². The molecule has 0 saturated carbocycles. The molecule has 74 valence electrons. The van der Waals surface area contributed by atoms with Gasteiger partial charge < -0.3 is 0 Å². The van der Waals surface area contributed by atoms with Crippen molar-refractivity contribution >= 4 is 17.0 Å². The van der Waals surface area contributed by atoms with Gasteiger partial charge >= 0.3 is 44.1 Å². The van der Waals surface area contributed by atoms with Crippen LogP contribution in [-0.4, -0.2) is 6.18 Å². The van der Waals surface area contributed by atoms with Crippen LogP contribution in [0.2, 0.25) is 0 Å². The predicted molar refractivity (Wildman–Crippen MR) is 44.1 cm³/mol. The Kier molecular flexibility index (Phi) is 6.61. The first-order valence-corrected chi connectivity index (χ1v) is 9.68. The Morgan fingerprint density at radius 3 is 2.00 bits per heavy atom. The van der Waals surface area contributed by atoms with Crippen LogP contribution in [0.5, 0.6) is 0 Å². The van der Waals surface area contributed by atoms with Gasteiger partial charge in [0, 0.05) is 0 Å². The summed E-state index contributed by atoms with van der Waals surface area (Å²) in [4.78, 5) is 0. The number of halogens is 5. The molecule has 1 atom stereocenters. The van der Waals surface area contributed by atoms with Gasteiger partial charge in [0.1, 0.15) is 0 Å². The Bertz CT molecular complexity index is 210. The van der Waals surface area contributed by atoms with E-state index in [-0.39, 0.29) is 5.92 Å². The number of allylic oxidation sites excluding steroid dienone is 4. The minimum absolute atomic E-state index is 0.0726. The van der Waals surface area contributed by atoms with Crippen LogP contribution in [0.4, 0.5) is 13.2 Å². The maximum absolute atomic E-state index is 11.8. The Balaban J connectivity index is 0.000000424. The zero-order valence-corrected chi connectivity index (χ0v) is 10.7. The zero-order chi connectivity index (χ0) is 10.5.